The van der Waals surface area contributed by atoms with Crippen LogP contribution < -0.4 is 5.73 Å². The van der Waals surface area contributed by atoms with Crippen molar-refractivity contribution in [2.75, 3.05) is 26.7 Å². The zero-order valence-electron chi connectivity index (χ0n) is 18.0. The van der Waals surface area contributed by atoms with Crippen LogP contribution in [-0.4, -0.2) is 54.4 Å². The van der Waals surface area contributed by atoms with Gasteiger partial charge in [0.15, 0.2) is 11.6 Å². The maximum Gasteiger partial charge on any atom is 0.261 e. The maximum absolute atomic E-state index is 13.9. The number of nitrogens with two attached hydrogens (primary N) is 1. The van der Waals surface area contributed by atoms with E-state index in [9.17, 15) is 26.7 Å². The minimum absolute atomic E-state index is 0.0882. The van der Waals surface area contributed by atoms with Crippen LogP contribution >= 0.6 is 11.6 Å². The molecule has 2 aromatic rings. The van der Waals surface area contributed by atoms with Gasteiger partial charge in [0.25, 0.3) is 5.92 Å². The number of hydrogen-bond donors (Lipinski definition) is 1. The summed E-state index contributed by atoms with van der Waals surface area (Å²) in [6, 6.07) is 6.62. The van der Waals surface area contributed by atoms with E-state index in [4.69, 9.17) is 17.3 Å². The van der Waals surface area contributed by atoms with E-state index in [-0.39, 0.29) is 37.9 Å². The summed E-state index contributed by atoms with van der Waals surface area (Å²) in [5, 5.41) is 0.407. The average molecular weight is 490 g/mol. The minimum atomic E-state index is -2.82. The highest BCUT2D eigenvalue weighted by molar-refractivity contribution is 6.31. The molecule has 4 nitrogen and oxygen atoms in total. The second-order valence-corrected chi connectivity index (χ2v) is 8.82. The van der Waals surface area contributed by atoms with Gasteiger partial charge in [-0.1, -0.05) is 29.8 Å². The predicted molar refractivity (Wildman–Crippen MR) is 116 cm³/mol. The fourth-order valence-corrected chi connectivity index (χ4v) is 4.26. The number of likely N-dealkylation sites (tertiary alicyclic amines) is 1. The van der Waals surface area contributed by atoms with Crippen molar-refractivity contribution in [3.8, 4) is 0 Å². The summed E-state index contributed by atoms with van der Waals surface area (Å²) >= 11 is 6.31. The monoisotopic (exact) mass is 489 g/mol. The first kappa shape index (κ1) is 25.4. The van der Waals surface area contributed by atoms with Crippen LogP contribution in [0.5, 0.6) is 0 Å². The Morgan fingerprint density at radius 1 is 1.18 bits per heavy atom. The van der Waals surface area contributed by atoms with E-state index in [1.165, 1.54) is 11.9 Å². The molecule has 0 radical (unpaired) electrons. The molecule has 2 aromatic carbocycles. The SMILES string of the molecule is CN(C[C@H](c1ccccc1Cl)N1CCC(F)(F)C1)C(=O)C[C@H](N)Cc1cc(F)c(F)cc1F. The van der Waals surface area contributed by atoms with Gasteiger partial charge in [-0.2, -0.15) is 0 Å². The van der Waals surface area contributed by atoms with Gasteiger partial charge in [-0.15, -0.1) is 0 Å². The normalized spacial score (nSPS) is 17.7. The summed E-state index contributed by atoms with van der Waals surface area (Å²) in [4.78, 5) is 15.7. The van der Waals surface area contributed by atoms with Crippen molar-refractivity contribution < 1.29 is 26.7 Å². The number of amides is 1. The number of carbonyl (C=O) groups is 1. The lowest BCUT2D eigenvalue weighted by molar-refractivity contribution is -0.131. The molecule has 1 heterocycles. The topological polar surface area (TPSA) is 49.6 Å². The summed E-state index contributed by atoms with van der Waals surface area (Å²) in [6.45, 7) is -0.204. The smallest absolute Gasteiger partial charge is 0.261 e. The Labute approximate surface area is 194 Å². The van der Waals surface area contributed by atoms with Gasteiger partial charge in [-0.05, 0) is 29.7 Å². The van der Waals surface area contributed by atoms with Crippen molar-refractivity contribution in [2.45, 2.75) is 37.3 Å². The summed E-state index contributed by atoms with van der Waals surface area (Å²) < 4.78 is 68.2. The molecule has 0 spiro atoms. The van der Waals surface area contributed by atoms with Gasteiger partial charge < -0.3 is 10.6 Å². The molecular formula is C23H25ClF5N3O. The van der Waals surface area contributed by atoms with Crippen LogP contribution in [0.1, 0.15) is 30.0 Å². The van der Waals surface area contributed by atoms with Crippen molar-refractivity contribution in [1.82, 2.24) is 9.80 Å². The average Bonchev–Trinajstić information content (AvgIpc) is 3.10. The molecule has 2 atom stereocenters. The number of carbonyl (C=O) groups excluding carboxylic acids is 1. The number of rotatable bonds is 8. The zero-order chi connectivity index (χ0) is 24.3. The number of halogens is 6. The third-order valence-corrected chi connectivity index (χ3v) is 6.13. The molecule has 0 unspecified atom stereocenters. The third kappa shape index (κ3) is 6.43. The van der Waals surface area contributed by atoms with Crippen LogP contribution in [-0.2, 0) is 11.2 Å². The summed E-state index contributed by atoms with van der Waals surface area (Å²) in [5.74, 6) is -6.67. The third-order valence-electron chi connectivity index (χ3n) is 5.78. The lowest BCUT2D eigenvalue weighted by Gasteiger charge is -2.32. The highest BCUT2D eigenvalue weighted by Gasteiger charge is 2.42. The van der Waals surface area contributed by atoms with E-state index in [2.05, 4.69) is 0 Å². The number of nitrogens with zero attached hydrogens (tertiary/aromatic N) is 2. The predicted octanol–water partition coefficient (Wildman–Crippen LogP) is 4.56. The molecule has 1 fully saturated rings. The molecule has 10 heteroatoms. The molecule has 1 aliphatic rings. The fourth-order valence-electron chi connectivity index (χ4n) is 4.00. The molecule has 1 aliphatic heterocycles. The zero-order valence-corrected chi connectivity index (χ0v) is 18.8. The van der Waals surface area contributed by atoms with Crippen molar-refractivity contribution in [3.63, 3.8) is 0 Å². The molecule has 3 rings (SSSR count). The van der Waals surface area contributed by atoms with Gasteiger partial charge in [-0.25, -0.2) is 22.0 Å². The number of benzene rings is 2. The molecule has 0 aromatic heterocycles. The highest BCUT2D eigenvalue weighted by Crippen LogP contribution is 2.36. The maximum atomic E-state index is 13.9. The first-order chi connectivity index (χ1) is 15.5. The molecule has 0 bridgehead atoms. The Morgan fingerprint density at radius 2 is 1.85 bits per heavy atom. The van der Waals surface area contributed by atoms with Crippen molar-refractivity contribution in [2.24, 2.45) is 5.73 Å². The standard InChI is InChI=1S/C23H25ClF5N3O/c1-31(22(33)10-15(30)8-14-9-19(26)20(27)11-18(14)25)12-21(16-4-2-3-5-17(16)24)32-7-6-23(28,29)13-32/h2-5,9,11,15,21H,6-8,10,12-13,30H2,1H3/t15-,21-/m1/s1. The largest absolute Gasteiger partial charge is 0.344 e. The second-order valence-electron chi connectivity index (χ2n) is 8.41. The Hall–Kier alpha value is -2.23. The molecule has 1 saturated heterocycles. The molecular weight excluding hydrogens is 465 g/mol. The molecule has 33 heavy (non-hydrogen) atoms. The van der Waals surface area contributed by atoms with Gasteiger partial charge >= 0.3 is 0 Å². The van der Waals surface area contributed by atoms with Gasteiger partial charge in [0.2, 0.25) is 5.91 Å². The van der Waals surface area contributed by atoms with Gasteiger partial charge in [-0.3, -0.25) is 9.69 Å². The second kappa shape index (κ2) is 10.4. The molecule has 180 valence electrons. The molecule has 2 N–H and O–H groups in total. The highest BCUT2D eigenvalue weighted by atomic mass is 35.5. The van der Waals surface area contributed by atoms with E-state index >= 15 is 0 Å². The first-order valence-electron chi connectivity index (χ1n) is 10.5. The molecule has 0 aliphatic carbocycles. The Bertz CT molecular complexity index is 1010. The fraction of sp³-hybridized carbons (Fsp3) is 0.435. The number of likely N-dealkylation sites (N-methyl/N-ethyl adjacent to an activating group) is 1. The van der Waals surface area contributed by atoms with Crippen LogP contribution in [0.4, 0.5) is 22.0 Å². The van der Waals surface area contributed by atoms with Gasteiger partial charge in [0, 0.05) is 50.1 Å². The van der Waals surface area contributed by atoms with Crippen LogP contribution in [0.3, 0.4) is 0 Å². The summed E-state index contributed by atoms with van der Waals surface area (Å²) in [7, 11) is 1.52. The lowest BCUT2D eigenvalue weighted by Crippen LogP contribution is -2.41. The number of hydrogen-bond acceptors (Lipinski definition) is 3. The van der Waals surface area contributed by atoms with E-state index in [0.717, 1.165) is 6.07 Å². The van der Waals surface area contributed by atoms with Crippen LogP contribution in [0.2, 0.25) is 5.02 Å². The Morgan fingerprint density at radius 3 is 2.48 bits per heavy atom. The van der Waals surface area contributed by atoms with E-state index < -0.39 is 47.9 Å². The van der Waals surface area contributed by atoms with Crippen molar-refractivity contribution in [1.29, 1.82) is 0 Å². The van der Waals surface area contributed by atoms with Crippen LogP contribution in [0.15, 0.2) is 36.4 Å². The summed E-state index contributed by atoms with van der Waals surface area (Å²) in [6.07, 6.45) is -0.647. The van der Waals surface area contributed by atoms with E-state index in [0.29, 0.717) is 16.7 Å². The van der Waals surface area contributed by atoms with Crippen LogP contribution in [0, 0.1) is 17.5 Å². The summed E-state index contributed by atoms with van der Waals surface area (Å²) in [5.41, 5.74) is 6.46. The number of alkyl halides is 2. The van der Waals surface area contributed by atoms with E-state index in [1.807, 2.05) is 0 Å². The van der Waals surface area contributed by atoms with Gasteiger partial charge in [0.1, 0.15) is 5.82 Å². The Kier molecular flexibility index (Phi) is 7.97. The molecule has 1 amide bonds. The molecule has 0 saturated carbocycles. The minimum Gasteiger partial charge on any atom is -0.344 e. The van der Waals surface area contributed by atoms with Crippen molar-refractivity contribution >= 4 is 17.5 Å². The quantitative estimate of drug-likeness (QED) is 0.437. The lowest BCUT2D eigenvalue weighted by atomic mass is 10.0. The van der Waals surface area contributed by atoms with Gasteiger partial charge in [0.05, 0.1) is 12.6 Å². The van der Waals surface area contributed by atoms with Crippen molar-refractivity contribution in [3.05, 3.63) is 70.0 Å². The first-order valence-corrected chi connectivity index (χ1v) is 10.8. The van der Waals surface area contributed by atoms with Crippen LogP contribution in [0.25, 0.3) is 0 Å². The Balaban J connectivity index is 1.69. The van der Waals surface area contributed by atoms with E-state index in [1.54, 1.807) is 29.2 Å².